The van der Waals surface area contributed by atoms with Crippen LogP contribution in [0, 0.1) is 12.8 Å². The summed E-state index contributed by atoms with van der Waals surface area (Å²) < 4.78 is 1.80. The molecule has 1 heterocycles. The van der Waals surface area contributed by atoms with Crippen molar-refractivity contribution in [3.63, 3.8) is 0 Å². The number of benzene rings is 2. The predicted octanol–water partition coefficient (Wildman–Crippen LogP) is 4.15. The molecule has 4 rings (SSSR count). The number of aromatic nitrogens is 4. The van der Waals surface area contributed by atoms with Gasteiger partial charge in [0.2, 0.25) is 0 Å². The molecule has 2 aromatic carbocycles. The van der Waals surface area contributed by atoms with E-state index in [1.54, 1.807) is 4.68 Å². The highest BCUT2D eigenvalue weighted by Gasteiger charge is 2.46. The van der Waals surface area contributed by atoms with Gasteiger partial charge in [0.25, 0.3) is 5.91 Å². The van der Waals surface area contributed by atoms with Crippen molar-refractivity contribution in [3.8, 4) is 5.69 Å². The summed E-state index contributed by atoms with van der Waals surface area (Å²) >= 11 is 0. The number of carbonyl (C=O) groups excluding carboxylic acids is 1. The molecule has 0 atom stereocenters. The minimum absolute atomic E-state index is 0.00129. The van der Waals surface area contributed by atoms with Crippen molar-refractivity contribution in [3.05, 3.63) is 71.5 Å². The van der Waals surface area contributed by atoms with E-state index in [0.29, 0.717) is 11.5 Å². The summed E-state index contributed by atoms with van der Waals surface area (Å²) in [6, 6.07) is 17.6. The third-order valence-electron chi connectivity index (χ3n) is 6.23. The maximum Gasteiger partial charge on any atom is 0.254 e. The Bertz CT molecular complexity index is 972. The average molecular weight is 390 g/mol. The van der Waals surface area contributed by atoms with Gasteiger partial charge in [0.15, 0.2) is 5.82 Å². The number of hydrogen-bond donors (Lipinski definition) is 0. The van der Waals surface area contributed by atoms with Crippen molar-refractivity contribution in [2.45, 2.75) is 45.1 Å². The second-order valence-corrected chi connectivity index (χ2v) is 8.19. The molecule has 0 aliphatic heterocycles. The third-order valence-corrected chi connectivity index (χ3v) is 6.23. The molecule has 0 radical (unpaired) electrons. The lowest BCUT2D eigenvalue weighted by molar-refractivity contribution is 0.0328. The number of tetrazole rings is 1. The fourth-order valence-electron chi connectivity index (χ4n) is 4.25. The quantitative estimate of drug-likeness (QED) is 0.672. The fraction of sp³-hybridized carbons (Fsp3) is 0.391. The number of hydrogen-bond acceptors (Lipinski definition) is 4. The fourth-order valence-corrected chi connectivity index (χ4v) is 4.25. The number of carbonyl (C=O) groups is 1. The van der Waals surface area contributed by atoms with Crippen molar-refractivity contribution >= 4 is 5.91 Å². The van der Waals surface area contributed by atoms with Crippen molar-refractivity contribution in [2.24, 2.45) is 5.92 Å². The van der Waals surface area contributed by atoms with Gasteiger partial charge < -0.3 is 4.90 Å². The number of aryl methyl sites for hydroxylation is 1. The molecule has 0 spiro atoms. The van der Waals surface area contributed by atoms with Crippen LogP contribution in [0.2, 0.25) is 0 Å². The second kappa shape index (κ2) is 7.78. The highest BCUT2D eigenvalue weighted by Crippen LogP contribution is 2.43. The molecule has 0 unspecified atom stereocenters. The average Bonchev–Trinajstić information content (AvgIpc) is 3.25. The van der Waals surface area contributed by atoms with Gasteiger partial charge in [-0.2, -0.15) is 4.68 Å². The molecule has 1 amide bonds. The van der Waals surface area contributed by atoms with Crippen molar-refractivity contribution < 1.29 is 4.79 Å². The zero-order valence-corrected chi connectivity index (χ0v) is 17.2. The van der Waals surface area contributed by atoms with Crippen LogP contribution in [0.1, 0.15) is 54.4 Å². The van der Waals surface area contributed by atoms with E-state index in [9.17, 15) is 4.79 Å². The van der Waals surface area contributed by atoms with Crippen LogP contribution < -0.4 is 0 Å². The SMILES string of the molecule is Cc1ccc(-n2nnnc2C2(N(C)C(=O)c3ccccc3)CCC(C)CC2)cc1. The Balaban J connectivity index is 1.78. The van der Waals surface area contributed by atoms with Gasteiger partial charge in [0.05, 0.1) is 5.69 Å². The monoisotopic (exact) mass is 389 g/mol. The third kappa shape index (κ3) is 3.55. The highest BCUT2D eigenvalue weighted by atomic mass is 16.2. The Morgan fingerprint density at radius 3 is 2.38 bits per heavy atom. The van der Waals surface area contributed by atoms with Crippen molar-refractivity contribution in [2.75, 3.05) is 7.05 Å². The number of amides is 1. The topological polar surface area (TPSA) is 63.9 Å². The Labute approximate surface area is 171 Å². The van der Waals surface area contributed by atoms with Crippen LogP contribution in [-0.4, -0.2) is 38.1 Å². The molecule has 0 bridgehead atoms. The molecule has 1 saturated carbocycles. The first kappa shape index (κ1) is 19.3. The summed E-state index contributed by atoms with van der Waals surface area (Å²) in [6.45, 7) is 4.33. The van der Waals surface area contributed by atoms with E-state index in [4.69, 9.17) is 0 Å². The molecule has 1 aromatic heterocycles. The molecule has 3 aromatic rings. The summed E-state index contributed by atoms with van der Waals surface area (Å²) in [5.41, 5.74) is 2.24. The molecule has 6 nitrogen and oxygen atoms in total. The van der Waals surface area contributed by atoms with Gasteiger partial charge in [-0.1, -0.05) is 42.8 Å². The minimum atomic E-state index is -0.534. The first-order valence-electron chi connectivity index (χ1n) is 10.2. The van der Waals surface area contributed by atoms with E-state index >= 15 is 0 Å². The molecule has 0 saturated heterocycles. The van der Waals surface area contributed by atoms with Gasteiger partial charge in [-0.15, -0.1) is 5.10 Å². The predicted molar refractivity (Wildman–Crippen MR) is 112 cm³/mol. The molecule has 29 heavy (non-hydrogen) atoms. The lowest BCUT2D eigenvalue weighted by Gasteiger charge is -2.44. The summed E-state index contributed by atoms with van der Waals surface area (Å²) in [4.78, 5) is 15.2. The van der Waals surface area contributed by atoms with Crippen LogP contribution in [0.5, 0.6) is 0 Å². The van der Waals surface area contributed by atoms with Crippen LogP contribution in [0.3, 0.4) is 0 Å². The molecule has 1 fully saturated rings. The van der Waals surface area contributed by atoms with E-state index in [0.717, 1.165) is 37.2 Å². The zero-order chi connectivity index (χ0) is 20.4. The summed E-state index contributed by atoms with van der Waals surface area (Å²) in [5.74, 6) is 1.37. The Morgan fingerprint density at radius 2 is 1.72 bits per heavy atom. The Kier molecular flexibility index (Phi) is 5.18. The van der Waals surface area contributed by atoms with Gasteiger partial charge in [-0.25, -0.2) is 0 Å². The van der Waals surface area contributed by atoms with Crippen molar-refractivity contribution in [1.82, 2.24) is 25.1 Å². The number of rotatable bonds is 4. The van der Waals surface area contributed by atoms with Crippen LogP contribution in [0.4, 0.5) is 0 Å². The van der Waals surface area contributed by atoms with E-state index in [-0.39, 0.29) is 5.91 Å². The van der Waals surface area contributed by atoms with Crippen molar-refractivity contribution in [1.29, 1.82) is 0 Å². The van der Waals surface area contributed by atoms with Gasteiger partial charge in [0.1, 0.15) is 5.54 Å². The van der Waals surface area contributed by atoms with Crippen LogP contribution in [0.15, 0.2) is 54.6 Å². The second-order valence-electron chi connectivity index (χ2n) is 8.19. The lowest BCUT2D eigenvalue weighted by atomic mass is 9.75. The van der Waals surface area contributed by atoms with Gasteiger partial charge >= 0.3 is 0 Å². The highest BCUT2D eigenvalue weighted by molar-refractivity contribution is 5.94. The lowest BCUT2D eigenvalue weighted by Crippen LogP contribution is -2.50. The van der Waals surface area contributed by atoms with Gasteiger partial charge in [-0.05, 0) is 73.2 Å². The van der Waals surface area contributed by atoms with E-state index < -0.39 is 5.54 Å². The molecule has 1 aliphatic rings. The summed E-state index contributed by atoms with van der Waals surface area (Å²) in [6.07, 6.45) is 3.76. The summed E-state index contributed by atoms with van der Waals surface area (Å²) in [7, 11) is 1.89. The van der Waals surface area contributed by atoms with Crippen LogP contribution >= 0.6 is 0 Å². The zero-order valence-electron chi connectivity index (χ0n) is 17.2. The standard InChI is InChI=1S/C23H27N5O/c1-17-9-11-20(12-10-17)28-22(24-25-26-28)23(15-13-18(2)14-16-23)27(3)21(29)19-7-5-4-6-8-19/h4-12,18H,13-16H2,1-3H3. The van der Waals surface area contributed by atoms with Crippen LogP contribution in [-0.2, 0) is 5.54 Å². The largest absolute Gasteiger partial charge is 0.329 e. The minimum Gasteiger partial charge on any atom is -0.329 e. The normalized spacial score (nSPS) is 21.7. The molecule has 6 heteroatoms. The van der Waals surface area contributed by atoms with Gasteiger partial charge in [0, 0.05) is 12.6 Å². The van der Waals surface area contributed by atoms with E-state index in [2.05, 4.69) is 41.5 Å². The molecule has 0 N–H and O–H groups in total. The first-order valence-corrected chi connectivity index (χ1v) is 10.2. The molecule has 150 valence electrons. The first-order chi connectivity index (χ1) is 14.0. The smallest absolute Gasteiger partial charge is 0.254 e. The Morgan fingerprint density at radius 1 is 1.07 bits per heavy atom. The van der Waals surface area contributed by atoms with E-state index in [1.165, 1.54) is 5.56 Å². The maximum atomic E-state index is 13.4. The van der Waals surface area contributed by atoms with E-state index in [1.807, 2.05) is 54.4 Å². The summed E-state index contributed by atoms with van der Waals surface area (Å²) in [5, 5.41) is 12.7. The molecule has 1 aliphatic carbocycles. The number of nitrogens with zero attached hydrogens (tertiary/aromatic N) is 5. The van der Waals surface area contributed by atoms with Gasteiger partial charge in [-0.3, -0.25) is 4.79 Å². The molecular weight excluding hydrogens is 362 g/mol. The molecular formula is C23H27N5O. The Hall–Kier alpha value is -3.02. The maximum absolute atomic E-state index is 13.4. The van der Waals surface area contributed by atoms with Crippen LogP contribution in [0.25, 0.3) is 5.69 Å².